The summed E-state index contributed by atoms with van der Waals surface area (Å²) in [5.41, 5.74) is 0. The van der Waals surface area contributed by atoms with Gasteiger partial charge < -0.3 is 9.47 Å². The molecule has 2 aromatic rings. The number of hydrogen-bond acceptors (Lipinski definition) is 5. The normalized spacial score (nSPS) is 14.7. The van der Waals surface area contributed by atoms with Crippen LogP contribution in [-0.2, 0) is 16.6 Å². The van der Waals surface area contributed by atoms with Gasteiger partial charge in [-0.15, -0.1) is 0 Å². The van der Waals surface area contributed by atoms with Crippen LogP contribution in [-0.4, -0.2) is 49.3 Å². The van der Waals surface area contributed by atoms with Crippen molar-refractivity contribution >= 4 is 10.0 Å². The van der Waals surface area contributed by atoms with Gasteiger partial charge in [0.1, 0.15) is 0 Å². The van der Waals surface area contributed by atoms with Crippen LogP contribution in [0.25, 0.3) is 0 Å². The molecule has 7 nitrogen and oxygen atoms in total. The maximum absolute atomic E-state index is 12.7. The van der Waals surface area contributed by atoms with Crippen LogP contribution < -0.4 is 9.47 Å². The Kier molecular flexibility index (Phi) is 4.53. The van der Waals surface area contributed by atoms with Gasteiger partial charge in [-0.2, -0.15) is 9.40 Å². The molecule has 1 aromatic carbocycles. The van der Waals surface area contributed by atoms with Gasteiger partial charge in [0.05, 0.1) is 24.7 Å². The van der Waals surface area contributed by atoms with Crippen LogP contribution in [0.15, 0.2) is 41.6 Å². The monoisotopic (exact) mass is 337 g/mol. The molecule has 0 spiro atoms. The Morgan fingerprint density at radius 3 is 2.78 bits per heavy atom. The van der Waals surface area contributed by atoms with Gasteiger partial charge in [-0.25, -0.2) is 8.42 Å². The van der Waals surface area contributed by atoms with Crippen LogP contribution in [0, 0.1) is 0 Å². The summed E-state index contributed by atoms with van der Waals surface area (Å²) >= 11 is 0. The zero-order valence-electron chi connectivity index (χ0n) is 12.9. The van der Waals surface area contributed by atoms with E-state index in [2.05, 4.69) is 5.10 Å². The molecule has 0 radical (unpaired) electrons. The summed E-state index contributed by atoms with van der Waals surface area (Å²) in [7, 11) is -2.02. The van der Waals surface area contributed by atoms with E-state index < -0.39 is 10.0 Å². The lowest BCUT2D eigenvalue weighted by atomic mass is 10.3. The quantitative estimate of drug-likeness (QED) is 0.824. The predicted octanol–water partition coefficient (Wildman–Crippen LogP) is 1.37. The maximum atomic E-state index is 12.7. The van der Waals surface area contributed by atoms with E-state index in [1.165, 1.54) is 10.4 Å². The number of fused-ring (bicyclic) bond motifs is 1. The summed E-state index contributed by atoms with van der Waals surface area (Å²) in [4.78, 5) is 0.199. The SMILES string of the molecule is CN(CCn1cccn1)S(=O)(=O)c1ccc2c(c1)OCCCO2. The highest BCUT2D eigenvalue weighted by Crippen LogP contribution is 2.32. The molecule has 0 amide bonds. The van der Waals surface area contributed by atoms with Gasteiger partial charge in [-0.1, -0.05) is 0 Å². The molecular weight excluding hydrogens is 318 g/mol. The van der Waals surface area contributed by atoms with E-state index in [1.54, 1.807) is 42.3 Å². The maximum Gasteiger partial charge on any atom is 0.243 e. The van der Waals surface area contributed by atoms with Crippen molar-refractivity contribution in [1.82, 2.24) is 14.1 Å². The highest BCUT2D eigenvalue weighted by Gasteiger charge is 2.23. The zero-order valence-corrected chi connectivity index (χ0v) is 13.7. The second-order valence-corrected chi connectivity index (χ2v) is 7.30. The Morgan fingerprint density at radius 1 is 1.26 bits per heavy atom. The molecule has 1 aliphatic rings. The van der Waals surface area contributed by atoms with Crippen LogP contribution >= 0.6 is 0 Å². The Hall–Kier alpha value is -2.06. The van der Waals surface area contributed by atoms with Gasteiger partial charge in [-0.05, 0) is 18.2 Å². The first kappa shape index (κ1) is 15.8. The van der Waals surface area contributed by atoms with Crippen molar-refractivity contribution in [3.05, 3.63) is 36.7 Å². The van der Waals surface area contributed by atoms with Gasteiger partial charge >= 0.3 is 0 Å². The highest BCUT2D eigenvalue weighted by atomic mass is 32.2. The fourth-order valence-electron chi connectivity index (χ4n) is 2.28. The van der Waals surface area contributed by atoms with E-state index in [-0.39, 0.29) is 4.90 Å². The molecule has 0 saturated carbocycles. The Bertz CT molecular complexity index is 759. The number of rotatable bonds is 5. The van der Waals surface area contributed by atoms with Crippen molar-refractivity contribution in [1.29, 1.82) is 0 Å². The molecule has 124 valence electrons. The van der Waals surface area contributed by atoms with Crippen molar-refractivity contribution in [3.8, 4) is 11.5 Å². The third-order valence-electron chi connectivity index (χ3n) is 3.63. The Balaban J connectivity index is 1.77. The van der Waals surface area contributed by atoms with Crippen molar-refractivity contribution in [2.45, 2.75) is 17.9 Å². The summed E-state index contributed by atoms with van der Waals surface area (Å²) in [6, 6.07) is 6.53. The first-order valence-electron chi connectivity index (χ1n) is 7.41. The number of likely N-dealkylation sites (N-methyl/N-ethyl adjacent to an activating group) is 1. The molecule has 8 heteroatoms. The molecule has 0 saturated heterocycles. The number of sulfonamides is 1. The highest BCUT2D eigenvalue weighted by molar-refractivity contribution is 7.89. The van der Waals surface area contributed by atoms with E-state index in [9.17, 15) is 8.42 Å². The van der Waals surface area contributed by atoms with Crippen LogP contribution in [0.3, 0.4) is 0 Å². The van der Waals surface area contributed by atoms with E-state index in [0.29, 0.717) is 37.8 Å². The fraction of sp³-hybridized carbons (Fsp3) is 0.400. The summed E-state index contributed by atoms with van der Waals surface area (Å²) in [6.45, 7) is 1.92. The Labute approximate surface area is 135 Å². The fourth-order valence-corrected chi connectivity index (χ4v) is 3.46. The molecule has 1 aromatic heterocycles. The molecular formula is C15H19N3O4S. The molecule has 0 N–H and O–H groups in total. The van der Waals surface area contributed by atoms with Gasteiger partial charge in [0.25, 0.3) is 0 Å². The van der Waals surface area contributed by atoms with Crippen molar-refractivity contribution in [2.75, 3.05) is 26.8 Å². The van der Waals surface area contributed by atoms with Crippen LogP contribution in [0.5, 0.6) is 11.5 Å². The lowest BCUT2D eigenvalue weighted by Gasteiger charge is -2.18. The van der Waals surface area contributed by atoms with Crippen molar-refractivity contribution in [3.63, 3.8) is 0 Å². The standard InChI is InChI=1S/C15H19N3O4S/c1-17(8-9-18-7-2-6-16-18)23(19,20)13-4-5-14-15(12-13)22-11-3-10-21-14/h2,4-7,12H,3,8-11H2,1H3. The zero-order chi connectivity index (χ0) is 16.3. The predicted molar refractivity (Wildman–Crippen MR) is 84.1 cm³/mol. The first-order chi connectivity index (χ1) is 11.1. The van der Waals surface area contributed by atoms with E-state index in [4.69, 9.17) is 9.47 Å². The minimum absolute atomic E-state index is 0.199. The van der Waals surface area contributed by atoms with Crippen LogP contribution in [0.1, 0.15) is 6.42 Å². The molecule has 3 rings (SSSR count). The van der Waals surface area contributed by atoms with Gasteiger partial charge in [-0.3, -0.25) is 4.68 Å². The smallest absolute Gasteiger partial charge is 0.243 e. The minimum Gasteiger partial charge on any atom is -0.490 e. The number of nitrogens with zero attached hydrogens (tertiary/aromatic N) is 3. The average Bonchev–Trinajstić information content (AvgIpc) is 2.95. The molecule has 0 aliphatic carbocycles. The van der Waals surface area contributed by atoms with E-state index in [0.717, 1.165) is 6.42 Å². The summed E-state index contributed by atoms with van der Waals surface area (Å²) in [5, 5.41) is 4.07. The average molecular weight is 337 g/mol. The summed E-state index contributed by atoms with van der Waals surface area (Å²) in [6.07, 6.45) is 4.24. The van der Waals surface area contributed by atoms with Gasteiger partial charge in [0.15, 0.2) is 11.5 Å². The summed E-state index contributed by atoms with van der Waals surface area (Å²) in [5.74, 6) is 1.06. The largest absolute Gasteiger partial charge is 0.490 e. The van der Waals surface area contributed by atoms with Crippen molar-refractivity contribution in [2.24, 2.45) is 0 Å². The lowest BCUT2D eigenvalue weighted by molar-refractivity contribution is 0.297. The van der Waals surface area contributed by atoms with E-state index >= 15 is 0 Å². The third-order valence-corrected chi connectivity index (χ3v) is 5.48. The Morgan fingerprint density at radius 2 is 2.04 bits per heavy atom. The lowest BCUT2D eigenvalue weighted by Crippen LogP contribution is -2.30. The van der Waals surface area contributed by atoms with Crippen LogP contribution in [0.4, 0.5) is 0 Å². The number of ether oxygens (including phenoxy) is 2. The molecule has 2 heterocycles. The minimum atomic E-state index is -3.58. The third kappa shape index (κ3) is 3.48. The van der Waals surface area contributed by atoms with Gasteiger partial charge in [0.2, 0.25) is 10.0 Å². The van der Waals surface area contributed by atoms with E-state index in [1.807, 2.05) is 0 Å². The summed E-state index contributed by atoms with van der Waals surface area (Å²) < 4.78 is 39.4. The van der Waals surface area contributed by atoms with Crippen LogP contribution in [0.2, 0.25) is 0 Å². The molecule has 0 unspecified atom stereocenters. The van der Waals surface area contributed by atoms with Gasteiger partial charge in [0, 0.05) is 38.5 Å². The number of benzene rings is 1. The molecule has 0 atom stereocenters. The molecule has 1 aliphatic heterocycles. The molecule has 23 heavy (non-hydrogen) atoms. The molecule has 0 fully saturated rings. The first-order valence-corrected chi connectivity index (χ1v) is 8.85. The number of aromatic nitrogens is 2. The molecule has 0 bridgehead atoms. The number of hydrogen-bond donors (Lipinski definition) is 0. The second kappa shape index (κ2) is 6.59. The van der Waals surface area contributed by atoms with Crippen molar-refractivity contribution < 1.29 is 17.9 Å². The topological polar surface area (TPSA) is 73.7 Å². The second-order valence-electron chi connectivity index (χ2n) is 5.25.